The maximum absolute atomic E-state index is 13.7. The van der Waals surface area contributed by atoms with Crippen LogP contribution in [-0.4, -0.2) is 24.3 Å². The van der Waals surface area contributed by atoms with Crippen molar-refractivity contribution in [3.05, 3.63) is 41.9 Å². The molecule has 0 aliphatic carbocycles. The lowest BCUT2D eigenvalue weighted by atomic mass is 10.1. The van der Waals surface area contributed by atoms with E-state index < -0.39 is 0 Å². The summed E-state index contributed by atoms with van der Waals surface area (Å²) in [5.74, 6) is 0.393. The molecule has 0 saturated carbocycles. The highest BCUT2D eigenvalue weighted by molar-refractivity contribution is 5.76. The lowest BCUT2D eigenvalue weighted by molar-refractivity contribution is -0.122. The van der Waals surface area contributed by atoms with Gasteiger partial charge in [0.05, 0.1) is 6.54 Å². The minimum absolute atomic E-state index is 0.0423. The molecule has 1 amide bonds. The van der Waals surface area contributed by atoms with Crippen molar-refractivity contribution in [2.75, 3.05) is 13.2 Å². The van der Waals surface area contributed by atoms with Crippen molar-refractivity contribution in [3.8, 4) is 11.3 Å². The van der Waals surface area contributed by atoms with Gasteiger partial charge in [-0.15, -0.1) is 0 Å². The number of hydrogen-bond donors (Lipinski definition) is 1. The van der Waals surface area contributed by atoms with Crippen LogP contribution in [0, 0.1) is 11.7 Å². The molecule has 2 heterocycles. The van der Waals surface area contributed by atoms with E-state index in [9.17, 15) is 9.18 Å². The second-order valence-corrected chi connectivity index (χ2v) is 5.37. The summed E-state index contributed by atoms with van der Waals surface area (Å²) in [5, 5.41) is 6.63. The maximum Gasteiger partial charge on any atom is 0.220 e. The monoisotopic (exact) mass is 304 g/mol. The van der Waals surface area contributed by atoms with E-state index in [2.05, 4.69) is 10.5 Å². The molecule has 1 aliphatic rings. The summed E-state index contributed by atoms with van der Waals surface area (Å²) < 4.78 is 24.0. The van der Waals surface area contributed by atoms with E-state index in [4.69, 9.17) is 9.26 Å². The smallest absolute Gasteiger partial charge is 0.220 e. The molecule has 1 N–H and O–H groups in total. The van der Waals surface area contributed by atoms with Crippen LogP contribution in [0.1, 0.15) is 18.6 Å². The quantitative estimate of drug-likeness (QED) is 0.922. The minimum atomic E-state index is -0.354. The van der Waals surface area contributed by atoms with Crippen molar-refractivity contribution in [2.45, 2.75) is 19.4 Å². The lowest BCUT2D eigenvalue weighted by Gasteiger charge is -2.06. The van der Waals surface area contributed by atoms with Crippen molar-refractivity contribution >= 4 is 5.91 Å². The van der Waals surface area contributed by atoms with Gasteiger partial charge in [-0.1, -0.05) is 17.3 Å². The van der Waals surface area contributed by atoms with Crippen LogP contribution >= 0.6 is 0 Å². The third-order valence-corrected chi connectivity index (χ3v) is 3.67. The number of carbonyl (C=O) groups excluding carboxylic acids is 1. The molecule has 0 unspecified atom stereocenters. The molecule has 1 aliphatic heterocycles. The normalized spacial score (nSPS) is 17.6. The van der Waals surface area contributed by atoms with Crippen molar-refractivity contribution in [2.24, 2.45) is 5.92 Å². The Kier molecular flexibility index (Phi) is 4.48. The fourth-order valence-electron chi connectivity index (χ4n) is 2.46. The van der Waals surface area contributed by atoms with Gasteiger partial charge in [0.2, 0.25) is 5.91 Å². The number of nitrogens with zero attached hydrogens (tertiary/aromatic N) is 1. The van der Waals surface area contributed by atoms with E-state index in [1.54, 1.807) is 24.3 Å². The largest absolute Gasteiger partial charge is 0.381 e. The first-order valence-electron chi connectivity index (χ1n) is 7.27. The van der Waals surface area contributed by atoms with E-state index in [1.807, 2.05) is 0 Å². The third-order valence-electron chi connectivity index (χ3n) is 3.67. The van der Waals surface area contributed by atoms with Gasteiger partial charge in [-0.3, -0.25) is 4.79 Å². The molecule has 1 aromatic heterocycles. The van der Waals surface area contributed by atoms with E-state index in [0.29, 0.717) is 36.0 Å². The predicted molar refractivity (Wildman–Crippen MR) is 77.3 cm³/mol. The second kappa shape index (κ2) is 6.70. The molecule has 5 nitrogen and oxygen atoms in total. The van der Waals surface area contributed by atoms with Crippen molar-refractivity contribution in [3.63, 3.8) is 0 Å². The van der Waals surface area contributed by atoms with Gasteiger partial charge in [-0.25, -0.2) is 4.39 Å². The molecule has 6 heteroatoms. The average molecular weight is 304 g/mol. The van der Waals surface area contributed by atoms with Crippen LogP contribution in [0.15, 0.2) is 34.9 Å². The number of aromatic nitrogens is 1. The molecular weight excluding hydrogens is 287 g/mol. The van der Waals surface area contributed by atoms with Gasteiger partial charge in [0.25, 0.3) is 0 Å². The van der Waals surface area contributed by atoms with Gasteiger partial charge in [0.1, 0.15) is 11.5 Å². The summed E-state index contributed by atoms with van der Waals surface area (Å²) in [5.41, 5.74) is 0.804. The first-order valence-corrected chi connectivity index (χ1v) is 7.27. The van der Waals surface area contributed by atoms with Crippen LogP contribution in [0.4, 0.5) is 4.39 Å². The van der Waals surface area contributed by atoms with Crippen LogP contribution in [-0.2, 0) is 16.1 Å². The van der Waals surface area contributed by atoms with Gasteiger partial charge < -0.3 is 14.6 Å². The molecular formula is C16H17FN2O3. The Morgan fingerprint density at radius 3 is 3.05 bits per heavy atom. The number of hydrogen-bond acceptors (Lipinski definition) is 4. The molecule has 0 bridgehead atoms. The number of halogens is 1. The minimum Gasteiger partial charge on any atom is -0.381 e. The van der Waals surface area contributed by atoms with Gasteiger partial charge in [0.15, 0.2) is 5.76 Å². The molecule has 3 rings (SSSR count). The summed E-state index contributed by atoms with van der Waals surface area (Å²) in [6, 6.07) is 7.99. The topological polar surface area (TPSA) is 64.4 Å². The van der Waals surface area contributed by atoms with Gasteiger partial charge in [-0.05, 0) is 24.5 Å². The summed E-state index contributed by atoms with van der Waals surface area (Å²) in [4.78, 5) is 11.8. The van der Waals surface area contributed by atoms with Crippen LogP contribution < -0.4 is 5.32 Å². The van der Waals surface area contributed by atoms with Crippen LogP contribution in [0.5, 0.6) is 0 Å². The van der Waals surface area contributed by atoms with E-state index >= 15 is 0 Å². The zero-order chi connectivity index (χ0) is 15.4. The Morgan fingerprint density at radius 1 is 1.41 bits per heavy atom. The zero-order valence-electron chi connectivity index (χ0n) is 12.0. The Balaban J connectivity index is 1.55. The van der Waals surface area contributed by atoms with Crippen LogP contribution in [0.2, 0.25) is 0 Å². The lowest BCUT2D eigenvalue weighted by Crippen LogP contribution is -2.25. The first kappa shape index (κ1) is 14.7. The zero-order valence-corrected chi connectivity index (χ0v) is 12.0. The number of benzene rings is 1. The fourth-order valence-corrected chi connectivity index (χ4v) is 2.46. The third kappa shape index (κ3) is 3.51. The Hall–Kier alpha value is -2.21. The van der Waals surface area contributed by atoms with Crippen LogP contribution in [0.25, 0.3) is 11.3 Å². The standard InChI is InChI=1S/C16H17FN2O3/c17-14-4-2-1-3-13(14)15-8-12(22-19-15)9-18-16(20)7-11-5-6-21-10-11/h1-4,8,11H,5-7,9-10H2,(H,18,20)/t11-/m0/s1. The molecule has 0 radical (unpaired) electrons. The van der Waals surface area contributed by atoms with E-state index in [1.165, 1.54) is 6.07 Å². The molecule has 1 atom stereocenters. The average Bonchev–Trinajstić information content (AvgIpc) is 3.17. The number of amides is 1. The second-order valence-electron chi connectivity index (χ2n) is 5.37. The number of rotatable bonds is 5. The van der Waals surface area contributed by atoms with Gasteiger partial charge >= 0.3 is 0 Å². The Labute approximate surface area is 127 Å². The Bertz CT molecular complexity index is 650. The number of nitrogens with one attached hydrogen (secondary N) is 1. The van der Waals surface area contributed by atoms with Crippen molar-refractivity contribution in [1.29, 1.82) is 0 Å². The van der Waals surface area contributed by atoms with Crippen molar-refractivity contribution in [1.82, 2.24) is 10.5 Å². The highest BCUT2D eigenvalue weighted by Crippen LogP contribution is 2.22. The highest BCUT2D eigenvalue weighted by atomic mass is 19.1. The summed E-state index contributed by atoms with van der Waals surface area (Å²) >= 11 is 0. The molecule has 1 fully saturated rings. The predicted octanol–water partition coefficient (Wildman–Crippen LogP) is 2.52. The van der Waals surface area contributed by atoms with Crippen LogP contribution in [0.3, 0.4) is 0 Å². The molecule has 0 spiro atoms. The summed E-state index contributed by atoms with van der Waals surface area (Å²) in [6.45, 7) is 1.62. The summed E-state index contributed by atoms with van der Waals surface area (Å²) in [7, 11) is 0. The maximum atomic E-state index is 13.7. The van der Waals surface area contributed by atoms with Gasteiger partial charge in [0, 0.05) is 31.3 Å². The van der Waals surface area contributed by atoms with Crippen molar-refractivity contribution < 1.29 is 18.4 Å². The Morgan fingerprint density at radius 2 is 2.27 bits per heavy atom. The van der Waals surface area contributed by atoms with Gasteiger partial charge in [-0.2, -0.15) is 0 Å². The fraction of sp³-hybridized carbons (Fsp3) is 0.375. The molecule has 1 saturated heterocycles. The molecule has 2 aromatic rings. The summed E-state index contributed by atoms with van der Waals surface area (Å²) in [6.07, 6.45) is 1.38. The number of ether oxygens (including phenoxy) is 1. The first-order chi connectivity index (χ1) is 10.7. The highest BCUT2D eigenvalue weighted by Gasteiger charge is 2.19. The van der Waals surface area contributed by atoms with E-state index in [0.717, 1.165) is 13.0 Å². The molecule has 116 valence electrons. The number of carbonyl (C=O) groups is 1. The van der Waals surface area contributed by atoms with E-state index in [-0.39, 0.29) is 18.3 Å². The molecule has 22 heavy (non-hydrogen) atoms. The SMILES string of the molecule is O=C(C[C@@H]1CCOC1)NCc1cc(-c2ccccc2F)no1. The molecule has 1 aromatic carbocycles.